The molecule has 0 saturated heterocycles. The first kappa shape index (κ1) is 17.3. The molecule has 1 amide bonds. The Hall–Kier alpha value is -2.09. The maximum atomic E-state index is 12.5. The highest BCUT2D eigenvalue weighted by molar-refractivity contribution is 8.00. The summed E-state index contributed by atoms with van der Waals surface area (Å²) in [5.74, 6) is 1.33. The third-order valence-corrected chi connectivity index (χ3v) is 4.22. The minimum atomic E-state index is -0.312. The largest absolute Gasteiger partial charge is 0.384 e. The lowest BCUT2D eigenvalue weighted by Gasteiger charge is -2.14. The molecular formula is C15H21N5O2S. The van der Waals surface area contributed by atoms with E-state index in [9.17, 15) is 4.79 Å². The van der Waals surface area contributed by atoms with Gasteiger partial charge in [-0.25, -0.2) is 9.97 Å². The van der Waals surface area contributed by atoms with Gasteiger partial charge in [-0.2, -0.15) is 0 Å². The van der Waals surface area contributed by atoms with Crippen molar-refractivity contribution in [2.75, 3.05) is 11.1 Å². The summed E-state index contributed by atoms with van der Waals surface area (Å²) in [4.78, 5) is 21.0. The molecule has 0 spiro atoms. The summed E-state index contributed by atoms with van der Waals surface area (Å²) >= 11 is 1.32. The smallest absolute Gasteiger partial charge is 0.239 e. The number of nitrogens with one attached hydrogen (secondary N) is 1. The second-order valence-electron chi connectivity index (χ2n) is 5.28. The van der Waals surface area contributed by atoms with Gasteiger partial charge in [0, 0.05) is 17.8 Å². The molecule has 0 aliphatic heterocycles. The molecule has 2 aromatic heterocycles. The van der Waals surface area contributed by atoms with Crippen LogP contribution in [-0.2, 0) is 4.79 Å². The topological polar surface area (TPSA) is 107 Å². The third kappa shape index (κ3) is 5.24. The number of hydrogen-bond donors (Lipinski definition) is 2. The molecular weight excluding hydrogens is 314 g/mol. The van der Waals surface area contributed by atoms with Gasteiger partial charge in [0.1, 0.15) is 11.6 Å². The zero-order valence-corrected chi connectivity index (χ0v) is 14.3. The summed E-state index contributed by atoms with van der Waals surface area (Å²) in [6, 6.07) is 3.38. The highest BCUT2D eigenvalue weighted by Crippen LogP contribution is 2.26. The van der Waals surface area contributed by atoms with Crippen LogP contribution >= 0.6 is 11.8 Å². The van der Waals surface area contributed by atoms with Crippen LogP contribution in [0.5, 0.6) is 0 Å². The van der Waals surface area contributed by atoms with Crippen molar-refractivity contribution in [3.63, 3.8) is 0 Å². The summed E-state index contributed by atoms with van der Waals surface area (Å²) in [5, 5.41) is 6.75. The van der Waals surface area contributed by atoms with Crippen molar-refractivity contribution in [3.8, 4) is 0 Å². The molecule has 7 nitrogen and oxygen atoms in total. The van der Waals surface area contributed by atoms with Gasteiger partial charge < -0.3 is 15.6 Å². The van der Waals surface area contributed by atoms with E-state index in [1.54, 1.807) is 19.1 Å². The lowest BCUT2D eigenvalue weighted by atomic mass is 10.2. The molecule has 0 aliphatic rings. The maximum absolute atomic E-state index is 12.5. The number of carbonyl (C=O) groups is 1. The SMILES string of the molecule is CCCCC(Sc1nc(C)cc(N)n1)C(=O)Nc1cc(C)on1. The number of rotatable bonds is 7. The van der Waals surface area contributed by atoms with Crippen molar-refractivity contribution in [2.45, 2.75) is 50.4 Å². The fraction of sp³-hybridized carbons (Fsp3) is 0.467. The van der Waals surface area contributed by atoms with Gasteiger partial charge >= 0.3 is 0 Å². The number of thioether (sulfide) groups is 1. The average molecular weight is 335 g/mol. The summed E-state index contributed by atoms with van der Waals surface area (Å²) in [6.07, 6.45) is 2.66. The minimum absolute atomic E-state index is 0.138. The van der Waals surface area contributed by atoms with Crippen LogP contribution in [0.3, 0.4) is 0 Å². The molecule has 0 aliphatic carbocycles. The van der Waals surface area contributed by atoms with Crippen LogP contribution in [0, 0.1) is 13.8 Å². The Morgan fingerprint density at radius 3 is 2.78 bits per heavy atom. The normalized spacial score (nSPS) is 12.1. The van der Waals surface area contributed by atoms with Crippen molar-refractivity contribution in [2.24, 2.45) is 0 Å². The van der Waals surface area contributed by atoms with Gasteiger partial charge in [0.05, 0.1) is 5.25 Å². The first-order valence-corrected chi connectivity index (χ1v) is 8.38. The molecule has 0 fully saturated rings. The standard InChI is InChI=1S/C15H21N5O2S/c1-4-5-6-11(14(21)19-13-8-10(3)22-20-13)23-15-17-9(2)7-12(16)18-15/h7-8,11H,4-6H2,1-3H3,(H2,16,17,18)(H,19,20,21). The van der Waals surface area contributed by atoms with Gasteiger partial charge in [-0.1, -0.05) is 36.7 Å². The summed E-state index contributed by atoms with van der Waals surface area (Å²) in [5.41, 5.74) is 6.53. The molecule has 0 bridgehead atoms. The zero-order chi connectivity index (χ0) is 16.8. The van der Waals surface area contributed by atoms with E-state index >= 15 is 0 Å². The van der Waals surface area contributed by atoms with Gasteiger partial charge in [-0.15, -0.1) is 0 Å². The number of hydrogen-bond acceptors (Lipinski definition) is 7. The summed E-state index contributed by atoms with van der Waals surface area (Å²) in [7, 11) is 0. The molecule has 0 saturated carbocycles. The van der Waals surface area contributed by atoms with E-state index in [-0.39, 0.29) is 11.2 Å². The lowest BCUT2D eigenvalue weighted by Crippen LogP contribution is -2.25. The summed E-state index contributed by atoms with van der Waals surface area (Å²) in [6.45, 7) is 5.71. The van der Waals surface area contributed by atoms with Crippen molar-refractivity contribution in [3.05, 3.63) is 23.6 Å². The summed E-state index contributed by atoms with van der Waals surface area (Å²) < 4.78 is 4.96. The number of anilines is 2. The fourth-order valence-electron chi connectivity index (χ4n) is 2.01. The number of aryl methyl sites for hydroxylation is 2. The number of carbonyl (C=O) groups excluding carboxylic acids is 1. The Morgan fingerprint density at radius 1 is 1.39 bits per heavy atom. The van der Waals surface area contributed by atoms with Gasteiger partial charge in [0.25, 0.3) is 0 Å². The molecule has 8 heteroatoms. The molecule has 2 aromatic rings. The van der Waals surface area contributed by atoms with E-state index in [1.807, 2.05) is 6.92 Å². The van der Waals surface area contributed by atoms with E-state index in [2.05, 4.69) is 27.4 Å². The zero-order valence-electron chi connectivity index (χ0n) is 13.5. The molecule has 23 heavy (non-hydrogen) atoms. The molecule has 1 unspecified atom stereocenters. The Labute approximate surface area is 139 Å². The lowest BCUT2D eigenvalue weighted by molar-refractivity contribution is -0.115. The van der Waals surface area contributed by atoms with E-state index in [0.717, 1.165) is 25.0 Å². The minimum Gasteiger partial charge on any atom is -0.384 e. The van der Waals surface area contributed by atoms with Crippen molar-refractivity contribution < 1.29 is 9.32 Å². The Morgan fingerprint density at radius 2 is 2.17 bits per heavy atom. The number of nitrogen functional groups attached to an aromatic ring is 1. The molecule has 3 N–H and O–H groups in total. The van der Waals surface area contributed by atoms with Crippen molar-refractivity contribution >= 4 is 29.3 Å². The Bertz CT molecular complexity index is 653. The van der Waals surface area contributed by atoms with Crippen LogP contribution in [-0.4, -0.2) is 26.3 Å². The number of nitrogens with two attached hydrogens (primary N) is 1. The van der Waals surface area contributed by atoms with E-state index in [1.165, 1.54) is 11.8 Å². The van der Waals surface area contributed by atoms with E-state index in [4.69, 9.17) is 10.3 Å². The molecule has 124 valence electrons. The Kier molecular flexibility index (Phi) is 5.97. The van der Waals surface area contributed by atoms with Crippen molar-refractivity contribution in [1.82, 2.24) is 15.1 Å². The molecule has 1 atom stereocenters. The quantitative estimate of drug-likeness (QED) is 0.591. The number of aromatic nitrogens is 3. The van der Waals surface area contributed by atoms with E-state index < -0.39 is 0 Å². The second-order valence-corrected chi connectivity index (χ2v) is 6.45. The Balaban J connectivity index is 2.10. The maximum Gasteiger partial charge on any atom is 0.239 e. The highest BCUT2D eigenvalue weighted by Gasteiger charge is 2.22. The fourth-order valence-corrected chi connectivity index (χ4v) is 3.07. The number of nitrogens with zero attached hydrogens (tertiary/aromatic N) is 3. The van der Waals surface area contributed by atoms with Crippen LogP contribution in [0.4, 0.5) is 11.6 Å². The first-order valence-electron chi connectivity index (χ1n) is 7.50. The molecule has 0 radical (unpaired) electrons. The van der Waals surface area contributed by atoms with Crippen LogP contribution in [0.15, 0.2) is 21.8 Å². The van der Waals surface area contributed by atoms with Crippen molar-refractivity contribution in [1.29, 1.82) is 0 Å². The second kappa shape index (κ2) is 7.96. The van der Waals surface area contributed by atoms with Gasteiger partial charge in [0.2, 0.25) is 5.91 Å². The molecule has 2 rings (SSSR count). The van der Waals surface area contributed by atoms with Gasteiger partial charge in [0.15, 0.2) is 11.0 Å². The number of unbranched alkanes of at least 4 members (excludes halogenated alkanes) is 1. The van der Waals surface area contributed by atoms with Crippen LogP contribution in [0.2, 0.25) is 0 Å². The number of amides is 1. The predicted octanol–water partition coefficient (Wildman–Crippen LogP) is 2.95. The monoisotopic (exact) mass is 335 g/mol. The van der Waals surface area contributed by atoms with Gasteiger partial charge in [-0.3, -0.25) is 4.79 Å². The predicted molar refractivity (Wildman–Crippen MR) is 90.2 cm³/mol. The highest BCUT2D eigenvalue weighted by atomic mass is 32.2. The van der Waals surface area contributed by atoms with Gasteiger partial charge in [-0.05, 0) is 20.3 Å². The van der Waals surface area contributed by atoms with Crippen LogP contribution < -0.4 is 11.1 Å². The average Bonchev–Trinajstić information content (AvgIpc) is 2.87. The molecule has 2 heterocycles. The van der Waals surface area contributed by atoms with E-state index in [0.29, 0.717) is 22.6 Å². The molecule has 0 aromatic carbocycles. The van der Waals surface area contributed by atoms with Crippen LogP contribution in [0.1, 0.15) is 37.6 Å². The van der Waals surface area contributed by atoms with Crippen LogP contribution in [0.25, 0.3) is 0 Å². The third-order valence-electron chi connectivity index (χ3n) is 3.09. The first-order chi connectivity index (χ1) is 11.0.